The van der Waals surface area contributed by atoms with Crippen molar-refractivity contribution in [2.45, 2.75) is 19.4 Å². The molecule has 6 nitrogen and oxygen atoms in total. The van der Waals surface area contributed by atoms with Crippen LogP contribution in [0.4, 0.5) is 5.69 Å². The lowest BCUT2D eigenvalue weighted by Gasteiger charge is -2.18. The van der Waals surface area contributed by atoms with Crippen LogP contribution in [0.15, 0.2) is 54.6 Å². The second-order valence-electron chi connectivity index (χ2n) is 5.95. The Kier molecular flexibility index (Phi) is 9.21. The highest BCUT2D eigenvalue weighted by Crippen LogP contribution is 2.16. The Labute approximate surface area is 170 Å². The van der Waals surface area contributed by atoms with E-state index in [1.807, 2.05) is 31.4 Å². The third-order valence-electron chi connectivity index (χ3n) is 3.81. The molecule has 2 amide bonds. The summed E-state index contributed by atoms with van der Waals surface area (Å²) in [5.41, 5.74) is 0.650. The predicted octanol–water partition coefficient (Wildman–Crippen LogP) is 3.34. The molecule has 0 aliphatic carbocycles. The molecule has 0 heterocycles. The Morgan fingerprint density at radius 3 is 2.32 bits per heavy atom. The van der Waals surface area contributed by atoms with Crippen LogP contribution in [0.5, 0.6) is 11.5 Å². The van der Waals surface area contributed by atoms with Gasteiger partial charge in [-0.05, 0) is 61.8 Å². The van der Waals surface area contributed by atoms with Crippen LogP contribution in [-0.4, -0.2) is 43.1 Å². The second-order valence-corrected chi connectivity index (χ2v) is 6.94. The standard InChI is InChI=1S/C21H26N2O4S/c1-3-26-18-11-9-16(10-12-18)22-21(25)19(13-14-28-2)23-20(24)15-27-17-7-5-4-6-8-17/h4-12,19H,3,13-15H2,1-2H3,(H,22,25)(H,23,24). The summed E-state index contributed by atoms with van der Waals surface area (Å²) in [6.45, 7) is 2.35. The van der Waals surface area contributed by atoms with Gasteiger partial charge in [-0.3, -0.25) is 9.59 Å². The molecule has 0 spiro atoms. The summed E-state index contributed by atoms with van der Waals surface area (Å²) in [5, 5.41) is 5.60. The summed E-state index contributed by atoms with van der Waals surface area (Å²) in [5.74, 6) is 1.51. The minimum absolute atomic E-state index is 0.143. The Morgan fingerprint density at radius 1 is 1.00 bits per heavy atom. The van der Waals surface area contributed by atoms with E-state index in [0.717, 1.165) is 11.5 Å². The van der Waals surface area contributed by atoms with Crippen molar-refractivity contribution < 1.29 is 19.1 Å². The lowest BCUT2D eigenvalue weighted by atomic mass is 10.2. The zero-order valence-electron chi connectivity index (χ0n) is 16.1. The van der Waals surface area contributed by atoms with E-state index in [0.29, 0.717) is 24.5 Å². The summed E-state index contributed by atoms with van der Waals surface area (Å²) in [6.07, 6.45) is 2.49. The minimum atomic E-state index is -0.633. The molecule has 0 bridgehead atoms. The molecule has 0 radical (unpaired) electrons. The summed E-state index contributed by atoms with van der Waals surface area (Å²) in [4.78, 5) is 24.9. The number of benzene rings is 2. The van der Waals surface area contributed by atoms with Crippen LogP contribution in [0.1, 0.15) is 13.3 Å². The van der Waals surface area contributed by atoms with E-state index in [9.17, 15) is 9.59 Å². The summed E-state index contributed by atoms with van der Waals surface area (Å²) in [6, 6.07) is 15.6. The van der Waals surface area contributed by atoms with Gasteiger partial charge >= 0.3 is 0 Å². The van der Waals surface area contributed by atoms with Crippen LogP contribution in [0, 0.1) is 0 Å². The molecule has 1 atom stereocenters. The van der Waals surface area contributed by atoms with E-state index in [-0.39, 0.29) is 18.4 Å². The molecule has 2 rings (SSSR count). The van der Waals surface area contributed by atoms with Crippen molar-refractivity contribution in [3.63, 3.8) is 0 Å². The molecule has 0 fully saturated rings. The molecular formula is C21H26N2O4S. The Hall–Kier alpha value is -2.67. The first-order valence-electron chi connectivity index (χ1n) is 9.12. The average Bonchev–Trinajstić information content (AvgIpc) is 2.72. The van der Waals surface area contributed by atoms with Gasteiger partial charge in [0.25, 0.3) is 5.91 Å². The fourth-order valence-electron chi connectivity index (χ4n) is 2.44. The van der Waals surface area contributed by atoms with E-state index in [1.165, 1.54) is 0 Å². The lowest BCUT2D eigenvalue weighted by Crippen LogP contribution is -2.45. The fourth-order valence-corrected chi connectivity index (χ4v) is 2.91. The van der Waals surface area contributed by atoms with Gasteiger partial charge in [0.05, 0.1) is 6.61 Å². The number of carbonyl (C=O) groups is 2. The van der Waals surface area contributed by atoms with Crippen molar-refractivity contribution in [3.05, 3.63) is 54.6 Å². The minimum Gasteiger partial charge on any atom is -0.494 e. The lowest BCUT2D eigenvalue weighted by molar-refractivity contribution is -0.127. The first-order chi connectivity index (χ1) is 13.6. The molecule has 0 aliphatic heterocycles. The van der Waals surface area contributed by atoms with E-state index in [1.54, 1.807) is 48.2 Å². The quantitative estimate of drug-likeness (QED) is 0.603. The Morgan fingerprint density at radius 2 is 1.68 bits per heavy atom. The summed E-state index contributed by atoms with van der Waals surface area (Å²) in [7, 11) is 0. The number of carbonyl (C=O) groups excluding carboxylic acids is 2. The van der Waals surface area contributed by atoms with Crippen LogP contribution in [0.3, 0.4) is 0 Å². The van der Waals surface area contributed by atoms with Crippen molar-refractivity contribution >= 4 is 29.3 Å². The van der Waals surface area contributed by atoms with E-state index >= 15 is 0 Å². The first-order valence-corrected chi connectivity index (χ1v) is 10.5. The number of ether oxygens (including phenoxy) is 2. The largest absolute Gasteiger partial charge is 0.494 e. The highest BCUT2D eigenvalue weighted by atomic mass is 32.2. The monoisotopic (exact) mass is 402 g/mol. The smallest absolute Gasteiger partial charge is 0.258 e. The number of hydrogen-bond acceptors (Lipinski definition) is 5. The van der Waals surface area contributed by atoms with Gasteiger partial charge in [-0.2, -0.15) is 11.8 Å². The molecule has 0 saturated heterocycles. The molecule has 28 heavy (non-hydrogen) atoms. The van der Waals surface area contributed by atoms with Crippen molar-refractivity contribution in [2.75, 3.05) is 30.5 Å². The molecule has 0 aliphatic rings. The molecule has 1 unspecified atom stereocenters. The normalized spacial score (nSPS) is 11.4. The maximum absolute atomic E-state index is 12.6. The van der Waals surface area contributed by atoms with Gasteiger partial charge < -0.3 is 20.1 Å². The number of nitrogens with one attached hydrogen (secondary N) is 2. The number of amides is 2. The highest BCUT2D eigenvalue weighted by molar-refractivity contribution is 7.98. The first kappa shape index (κ1) is 21.6. The predicted molar refractivity (Wildman–Crippen MR) is 113 cm³/mol. The zero-order valence-corrected chi connectivity index (χ0v) is 17.0. The molecule has 150 valence electrons. The molecule has 0 saturated carbocycles. The van der Waals surface area contributed by atoms with Gasteiger partial charge in [-0.15, -0.1) is 0 Å². The Bertz CT molecular complexity index is 738. The maximum Gasteiger partial charge on any atom is 0.258 e. The van der Waals surface area contributed by atoms with Crippen molar-refractivity contribution in [1.29, 1.82) is 0 Å². The average molecular weight is 403 g/mol. The van der Waals surface area contributed by atoms with Crippen molar-refractivity contribution in [2.24, 2.45) is 0 Å². The van der Waals surface area contributed by atoms with Gasteiger partial charge in [-0.1, -0.05) is 18.2 Å². The molecule has 2 N–H and O–H groups in total. The van der Waals surface area contributed by atoms with E-state index in [2.05, 4.69) is 10.6 Å². The topological polar surface area (TPSA) is 76.7 Å². The maximum atomic E-state index is 12.6. The zero-order chi connectivity index (χ0) is 20.2. The number of anilines is 1. The van der Waals surface area contributed by atoms with Crippen molar-refractivity contribution in [1.82, 2.24) is 5.32 Å². The number of thioether (sulfide) groups is 1. The SMILES string of the molecule is CCOc1ccc(NC(=O)C(CCSC)NC(=O)COc2ccccc2)cc1. The van der Waals surface area contributed by atoms with Gasteiger partial charge in [0.1, 0.15) is 17.5 Å². The molecule has 2 aromatic carbocycles. The van der Waals surface area contributed by atoms with E-state index < -0.39 is 6.04 Å². The van der Waals surface area contributed by atoms with Crippen LogP contribution in [0.2, 0.25) is 0 Å². The van der Waals surface area contributed by atoms with Crippen molar-refractivity contribution in [3.8, 4) is 11.5 Å². The number of hydrogen-bond donors (Lipinski definition) is 2. The van der Waals surface area contributed by atoms with Crippen LogP contribution >= 0.6 is 11.8 Å². The van der Waals surface area contributed by atoms with Crippen LogP contribution < -0.4 is 20.1 Å². The summed E-state index contributed by atoms with van der Waals surface area (Å²) >= 11 is 1.62. The van der Waals surface area contributed by atoms with Gasteiger partial charge in [-0.25, -0.2) is 0 Å². The van der Waals surface area contributed by atoms with Gasteiger partial charge in [0, 0.05) is 5.69 Å². The van der Waals surface area contributed by atoms with Gasteiger partial charge in [0.15, 0.2) is 6.61 Å². The second kappa shape index (κ2) is 11.9. The third kappa shape index (κ3) is 7.52. The van der Waals surface area contributed by atoms with E-state index in [4.69, 9.17) is 9.47 Å². The highest BCUT2D eigenvalue weighted by Gasteiger charge is 2.21. The molecule has 0 aromatic heterocycles. The van der Waals surface area contributed by atoms with Crippen LogP contribution in [-0.2, 0) is 9.59 Å². The third-order valence-corrected chi connectivity index (χ3v) is 4.45. The van der Waals surface area contributed by atoms with Gasteiger partial charge in [0.2, 0.25) is 5.91 Å². The fraction of sp³-hybridized carbons (Fsp3) is 0.333. The van der Waals surface area contributed by atoms with Crippen LogP contribution in [0.25, 0.3) is 0 Å². The number of para-hydroxylation sites is 1. The Balaban J connectivity index is 1.91. The summed E-state index contributed by atoms with van der Waals surface area (Å²) < 4.78 is 10.8. The molecule has 7 heteroatoms. The number of rotatable bonds is 11. The molecular weight excluding hydrogens is 376 g/mol. The molecule has 2 aromatic rings.